The van der Waals surface area contributed by atoms with E-state index in [9.17, 15) is 18.0 Å². The number of sulfonamides is 1. The highest BCUT2D eigenvalue weighted by Crippen LogP contribution is 2.39. The number of fused-ring (bicyclic) bond motifs is 1. The monoisotopic (exact) mass is 612 g/mol. The maximum Gasteiger partial charge on any atom is 0.276 e. The van der Waals surface area contributed by atoms with Gasteiger partial charge in [0.15, 0.2) is 10.9 Å². The van der Waals surface area contributed by atoms with Gasteiger partial charge in [-0.2, -0.15) is 4.72 Å². The van der Waals surface area contributed by atoms with Gasteiger partial charge >= 0.3 is 0 Å². The molecular formula is C29H36N6O5S2. The van der Waals surface area contributed by atoms with E-state index in [0.29, 0.717) is 46.8 Å². The molecule has 0 radical (unpaired) electrons. The molecule has 2 N–H and O–H groups in total. The van der Waals surface area contributed by atoms with Gasteiger partial charge in [0.25, 0.3) is 11.8 Å². The Morgan fingerprint density at radius 2 is 1.74 bits per heavy atom. The lowest BCUT2D eigenvalue weighted by atomic mass is 10.1. The van der Waals surface area contributed by atoms with E-state index in [-0.39, 0.29) is 23.5 Å². The highest BCUT2D eigenvalue weighted by Gasteiger charge is 2.34. The summed E-state index contributed by atoms with van der Waals surface area (Å²) in [6, 6.07) is 11.8. The maximum atomic E-state index is 12.9. The molecule has 2 aliphatic heterocycles. The Morgan fingerprint density at radius 1 is 1.07 bits per heavy atom. The van der Waals surface area contributed by atoms with Gasteiger partial charge in [0.05, 0.1) is 17.3 Å². The van der Waals surface area contributed by atoms with Crippen LogP contribution in [0.4, 0.5) is 11.4 Å². The number of nitrogens with one attached hydrogen (secondary N) is 2. The highest BCUT2D eigenvalue weighted by molar-refractivity contribution is 7.89. The molecule has 2 aromatic carbocycles. The number of thiocarbonyl (C=S) groups is 1. The summed E-state index contributed by atoms with van der Waals surface area (Å²) >= 11 is 5.35. The van der Waals surface area contributed by atoms with E-state index >= 15 is 0 Å². The van der Waals surface area contributed by atoms with Gasteiger partial charge < -0.3 is 24.8 Å². The second kappa shape index (κ2) is 12.5. The summed E-state index contributed by atoms with van der Waals surface area (Å²) < 4.78 is 33.9. The highest BCUT2D eigenvalue weighted by atomic mass is 32.2. The van der Waals surface area contributed by atoms with Crippen LogP contribution in [0.1, 0.15) is 38.1 Å². The Labute approximate surface area is 252 Å². The fourth-order valence-corrected chi connectivity index (χ4v) is 5.76. The maximum absolute atomic E-state index is 12.9. The number of allylic oxidation sites excluding steroid dienone is 2. The minimum absolute atomic E-state index is 0.107. The van der Waals surface area contributed by atoms with Gasteiger partial charge in [0.1, 0.15) is 5.70 Å². The topological polar surface area (TPSA) is 115 Å². The average Bonchev–Trinajstić information content (AvgIpc) is 3.43. The van der Waals surface area contributed by atoms with Crippen molar-refractivity contribution in [3.8, 4) is 5.75 Å². The zero-order chi connectivity index (χ0) is 30.8. The Hall–Kier alpha value is -3.94. The van der Waals surface area contributed by atoms with Crippen molar-refractivity contribution in [3.05, 3.63) is 71.8 Å². The van der Waals surface area contributed by atoms with Crippen LogP contribution in [-0.4, -0.2) is 75.0 Å². The van der Waals surface area contributed by atoms with Crippen LogP contribution >= 0.6 is 12.2 Å². The minimum atomic E-state index is -3.82. The first-order chi connectivity index (χ1) is 19.9. The first-order valence-electron chi connectivity index (χ1n) is 13.6. The Morgan fingerprint density at radius 3 is 2.36 bits per heavy atom. The van der Waals surface area contributed by atoms with Crippen molar-refractivity contribution in [1.82, 2.24) is 19.8 Å². The van der Waals surface area contributed by atoms with Crippen molar-refractivity contribution in [2.75, 3.05) is 43.7 Å². The molecule has 0 aromatic heterocycles. The fraction of sp³-hybridized carbons (Fsp3) is 0.345. The number of likely N-dealkylation sites (N-methyl/N-ethyl adjacent to an activating group) is 2. The van der Waals surface area contributed by atoms with E-state index < -0.39 is 15.9 Å². The molecule has 2 aromatic rings. The van der Waals surface area contributed by atoms with Crippen molar-refractivity contribution in [2.45, 2.75) is 38.6 Å². The third kappa shape index (κ3) is 6.13. The van der Waals surface area contributed by atoms with Gasteiger partial charge in [-0.1, -0.05) is 0 Å². The molecule has 2 aliphatic rings. The standard InChI is InChI=1S/C29H36N6O5S2/c1-7-34-24-17-20(9-15-25(24)40-26(34)16-14-23-28(37)33(6)29(41)35(23)8-2)27(36)30-18-31-42(38,39)22-12-10-21(11-13-22)32(5)19(3)4/h9-17,19,31H,7-8,18H2,1-6H3,(H,30,36)/b23-14+,26-16-. The number of rotatable bonds is 10. The van der Waals surface area contributed by atoms with E-state index in [2.05, 4.69) is 10.0 Å². The van der Waals surface area contributed by atoms with Crippen LogP contribution in [-0.2, 0) is 14.8 Å². The number of anilines is 2. The molecule has 42 heavy (non-hydrogen) atoms. The lowest BCUT2D eigenvalue weighted by Gasteiger charge is -2.23. The second-order valence-electron chi connectivity index (χ2n) is 10.0. The molecular weight excluding hydrogens is 576 g/mol. The second-order valence-corrected chi connectivity index (χ2v) is 12.1. The molecule has 4 rings (SSSR count). The summed E-state index contributed by atoms with van der Waals surface area (Å²) in [7, 11) is -0.242. The van der Waals surface area contributed by atoms with Crippen molar-refractivity contribution < 1.29 is 22.7 Å². The van der Waals surface area contributed by atoms with Gasteiger partial charge in [-0.15, -0.1) is 0 Å². The molecule has 2 amide bonds. The predicted octanol–water partition coefficient (Wildman–Crippen LogP) is 3.22. The molecule has 1 saturated heterocycles. The average molecular weight is 613 g/mol. The van der Waals surface area contributed by atoms with Crippen LogP contribution in [0.5, 0.6) is 5.75 Å². The number of hydrogen-bond acceptors (Lipinski definition) is 8. The number of carbonyl (C=O) groups excluding carboxylic acids is 2. The molecule has 0 bridgehead atoms. The van der Waals surface area contributed by atoms with Gasteiger partial charge in [0, 0.05) is 50.6 Å². The van der Waals surface area contributed by atoms with Crippen molar-refractivity contribution in [2.24, 2.45) is 0 Å². The van der Waals surface area contributed by atoms with Crippen LogP contribution in [0.2, 0.25) is 0 Å². The van der Waals surface area contributed by atoms with Crippen LogP contribution in [0, 0.1) is 0 Å². The normalized spacial score (nSPS) is 17.0. The van der Waals surface area contributed by atoms with Crippen LogP contribution < -0.4 is 24.6 Å². The Kier molecular flexibility index (Phi) is 9.24. The summed E-state index contributed by atoms with van der Waals surface area (Å²) in [5.41, 5.74) is 2.38. The Balaban J connectivity index is 1.42. The van der Waals surface area contributed by atoms with Crippen molar-refractivity contribution >= 4 is 50.5 Å². The van der Waals surface area contributed by atoms with E-state index in [0.717, 1.165) is 5.69 Å². The molecule has 0 unspecified atom stereocenters. The fourth-order valence-electron chi connectivity index (χ4n) is 4.52. The molecule has 13 heteroatoms. The number of nitrogens with zero attached hydrogens (tertiary/aromatic N) is 4. The van der Waals surface area contributed by atoms with Crippen molar-refractivity contribution in [1.29, 1.82) is 0 Å². The Bertz CT molecular complexity index is 1550. The van der Waals surface area contributed by atoms with Gasteiger partial charge in [0.2, 0.25) is 15.9 Å². The third-order valence-corrected chi connectivity index (χ3v) is 9.09. The summed E-state index contributed by atoms with van der Waals surface area (Å²) in [5, 5.41) is 3.06. The summed E-state index contributed by atoms with van der Waals surface area (Å²) in [6.07, 6.45) is 3.39. The number of carbonyl (C=O) groups is 2. The predicted molar refractivity (Wildman–Crippen MR) is 167 cm³/mol. The van der Waals surface area contributed by atoms with Crippen LogP contribution in [0.3, 0.4) is 0 Å². The molecule has 0 saturated carbocycles. The lowest BCUT2D eigenvalue weighted by Crippen LogP contribution is -2.37. The largest absolute Gasteiger partial charge is 0.439 e. The van der Waals surface area contributed by atoms with Crippen LogP contribution in [0.25, 0.3) is 0 Å². The lowest BCUT2D eigenvalue weighted by molar-refractivity contribution is -0.121. The molecule has 1 fully saturated rings. The first-order valence-corrected chi connectivity index (χ1v) is 15.5. The van der Waals surface area contributed by atoms with E-state index in [1.54, 1.807) is 54.4 Å². The molecule has 11 nitrogen and oxygen atoms in total. The number of amides is 2. The first kappa shape index (κ1) is 31.0. The summed E-state index contributed by atoms with van der Waals surface area (Å²) in [4.78, 5) is 32.7. The van der Waals surface area contributed by atoms with Gasteiger partial charge in [-0.05, 0) is 88.5 Å². The smallest absolute Gasteiger partial charge is 0.276 e. The summed E-state index contributed by atoms with van der Waals surface area (Å²) in [5.74, 6) is 0.419. The van der Waals surface area contributed by atoms with Gasteiger partial charge in [-0.25, -0.2) is 8.42 Å². The SMILES string of the molecule is CCN1C(=S)N(C)C(=O)/C1=C\C=C1/Oc2ccc(C(=O)NCNS(=O)(=O)c3ccc(N(C)C(C)C)cc3)cc2N1CC. The molecule has 224 valence electrons. The molecule has 0 spiro atoms. The van der Waals surface area contributed by atoms with E-state index in [4.69, 9.17) is 17.0 Å². The molecule has 0 atom stereocenters. The molecule has 2 heterocycles. The quantitative estimate of drug-likeness (QED) is 0.237. The van der Waals surface area contributed by atoms with Crippen LogP contribution in [0.15, 0.2) is 71.1 Å². The van der Waals surface area contributed by atoms with E-state index in [1.807, 2.05) is 44.5 Å². The zero-order valence-electron chi connectivity index (χ0n) is 24.5. The van der Waals surface area contributed by atoms with Gasteiger partial charge in [-0.3, -0.25) is 14.5 Å². The minimum Gasteiger partial charge on any atom is -0.439 e. The van der Waals surface area contributed by atoms with E-state index in [1.165, 1.54) is 17.0 Å². The zero-order valence-corrected chi connectivity index (χ0v) is 26.2. The number of benzene rings is 2. The number of ether oxygens (including phenoxy) is 1. The number of hydrogen-bond donors (Lipinski definition) is 2. The van der Waals surface area contributed by atoms with Crippen molar-refractivity contribution in [3.63, 3.8) is 0 Å². The molecule has 0 aliphatic carbocycles. The third-order valence-electron chi connectivity index (χ3n) is 7.18. The summed E-state index contributed by atoms with van der Waals surface area (Å²) in [6.45, 7) is 8.77.